The Hall–Kier alpha value is -0.910. The van der Waals surface area contributed by atoms with Crippen LogP contribution in [0.3, 0.4) is 0 Å². The minimum atomic E-state index is -3.49. The molecule has 1 aromatic carbocycles. The summed E-state index contributed by atoms with van der Waals surface area (Å²) in [6.45, 7) is 3.57. The van der Waals surface area contributed by atoms with Crippen molar-refractivity contribution in [2.24, 2.45) is 0 Å². The number of sulfonamides is 1. The van der Waals surface area contributed by atoms with E-state index >= 15 is 0 Å². The van der Waals surface area contributed by atoms with E-state index in [4.69, 9.17) is 5.11 Å². The molecule has 90 valence electrons. The second-order valence-corrected chi connectivity index (χ2v) is 5.47. The summed E-state index contributed by atoms with van der Waals surface area (Å²) < 4.78 is 25.8. The molecule has 0 bridgehead atoms. The lowest BCUT2D eigenvalue weighted by Crippen LogP contribution is -2.30. The van der Waals surface area contributed by atoms with Gasteiger partial charge in [0.2, 0.25) is 10.0 Å². The zero-order valence-corrected chi connectivity index (χ0v) is 10.3. The molecule has 0 heterocycles. The number of aliphatic hydroxyl groups is 1. The lowest BCUT2D eigenvalue weighted by atomic mass is 10.2. The molecule has 1 aromatic rings. The van der Waals surface area contributed by atoms with E-state index in [2.05, 4.69) is 4.72 Å². The third-order valence-corrected chi connectivity index (χ3v) is 3.65. The Morgan fingerprint density at radius 2 is 1.88 bits per heavy atom. The zero-order valence-electron chi connectivity index (χ0n) is 9.47. The van der Waals surface area contributed by atoms with Crippen LogP contribution in [0.2, 0.25) is 0 Å². The second-order valence-electron chi connectivity index (χ2n) is 3.70. The predicted molar refractivity (Wildman–Crippen MR) is 62.7 cm³/mol. The summed E-state index contributed by atoms with van der Waals surface area (Å²) in [5, 5.41) is 9.02. The van der Waals surface area contributed by atoms with Crippen LogP contribution >= 0.6 is 0 Å². The first-order valence-electron chi connectivity index (χ1n) is 5.22. The predicted octanol–water partition coefficient (Wildman–Crippen LogP) is 0.908. The van der Waals surface area contributed by atoms with Crippen molar-refractivity contribution in [3.63, 3.8) is 0 Å². The molecule has 2 N–H and O–H groups in total. The van der Waals surface area contributed by atoms with Crippen molar-refractivity contribution in [3.05, 3.63) is 29.8 Å². The van der Waals surface area contributed by atoms with E-state index in [0.717, 1.165) is 12.0 Å². The maximum Gasteiger partial charge on any atom is 0.240 e. The lowest BCUT2D eigenvalue weighted by molar-refractivity contribution is 0.198. The molecule has 0 aliphatic carbocycles. The fourth-order valence-corrected chi connectivity index (χ4v) is 2.34. The number of rotatable bonds is 5. The first-order chi connectivity index (χ1) is 7.45. The molecule has 0 aromatic heterocycles. The van der Waals surface area contributed by atoms with Gasteiger partial charge in [-0.15, -0.1) is 0 Å². The number of hydrogen-bond acceptors (Lipinski definition) is 3. The van der Waals surface area contributed by atoms with Crippen LogP contribution in [0.25, 0.3) is 0 Å². The number of benzene rings is 1. The van der Waals surface area contributed by atoms with Crippen LogP contribution in [-0.4, -0.2) is 26.2 Å². The molecule has 0 radical (unpaired) electrons. The molecule has 0 spiro atoms. The fourth-order valence-electron chi connectivity index (χ4n) is 1.22. The number of hydrogen-bond donors (Lipinski definition) is 2. The van der Waals surface area contributed by atoms with Gasteiger partial charge in [-0.1, -0.05) is 19.1 Å². The Kier molecular flexibility index (Phi) is 4.46. The maximum absolute atomic E-state index is 11.7. The van der Waals surface area contributed by atoms with Crippen LogP contribution in [-0.2, 0) is 16.4 Å². The third-order valence-electron chi connectivity index (χ3n) is 2.21. The Morgan fingerprint density at radius 1 is 1.31 bits per heavy atom. The summed E-state index contributed by atoms with van der Waals surface area (Å²) >= 11 is 0. The van der Waals surface area contributed by atoms with E-state index in [-0.39, 0.29) is 11.4 Å². The highest BCUT2D eigenvalue weighted by molar-refractivity contribution is 7.89. The van der Waals surface area contributed by atoms with Gasteiger partial charge in [-0.3, -0.25) is 0 Å². The lowest BCUT2D eigenvalue weighted by Gasteiger charge is -2.08. The summed E-state index contributed by atoms with van der Waals surface area (Å²) in [4.78, 5) is 0.227. The van der Waals surface area contributed by atoms with Crippen molar-refractivity contribution in [2.45, 2.75) is 31.3 Å². The summed E-state index contributed by atoms with van der Waals surface area (Å²) in [5.41, 5.74) is 1.09. The van der Waals surface area contributed by atoms with Crippen LogP contribution in [0.4, 0.5) is 0 Å². The van der Waals surface area contributed by atoms with Crippen molar-refractivity contribution < 1.29 is 13.5 Å². The molecule has 16 heavy (non-hydrogen) atoms. The van der Waals surface area contributed by atoms with Crippen molar-refractivity contribution in [1.82, 2.24) is 4.72 Å². The average molecular weight is 243 g/mol. The highest BCUT2D eigenvalue weighted by Crippen LogP contribution is 2.10. The van der Waals surface area contributed by atoms with Crippen molar-refractivity contribution >= 4 is 10.0 Å². The first kappa shape index (κ1) is 13.2. The van der Waals surface area contributed by atoms with Gasteiger partial charge in [0.05, 0.1) is 11.0 Å². The van der Waals surface area contributed by atoms with Gasteiger partial charge in [0.15, 0.2) is 0 Å². The smallest absolute Gasteiger partial charge is 0.240 e. The van der Waals surface area contributed by atoms with E-state index in [0.29, 0.717) is 0 Å². The molecule has 0 aliphatic heterocycles. The molecule has 0 saturated carbocycles. The summed E-state index contributed by atoms with van der Waals surface area (Å²) in [6, 6.07) is 6.72. The SMILES string of the molecule is CCc1ccc(S(=O)(=O)NC[C@H](C)O)cc1. The molecule has 5 heteroatoms. The zero-order chi connectivity index (χ0) is 12.2. The molecular weight excluding hydrogens is 226 g/mol. The molecule has 0 unspecified atom stereocenters. The topological polar surface area (TPSA) is 66.4 Å². The van der Waals surface area contributed by atoms with Gasteiger partial charge in [-0.2, -0.15) is 0 Å². The van der Waals surface area contributed by atoms with Crippen LogP contribution in [0.1, 0.15) is 19.4 Å². The van der Waals surface area contributed by atoms with Crippen LogP contribution in [0.5, 0.6) is 0 Å². The fraction of sp³-hybridized carbons (Fsp3) is 0.455. The Balaban J connectivity index is 2.82. The molecular formula is C11H17NO3S. The van der Waals surface area contributed by atoms with Crippen molar-refractivity contribution in [1.29, 1.82) is 0 Å². The van der Waals surface area contributed by atoms with Gasteiger partial charge in [-0.05, 0) is 31.0 Å². The number of aryl methyl sites for hydroxylation is 1. The number of nitrogens with one attached hydrogen (secondary N) is 1. The summed E-state index contributed by atoms with van der Waals surface area (Å²) in [7, 11) is -3.49. The van der Waals surface area contributed by atoms with E-state index in [1.807, 2.05) is 6.92 Å². The van der Waals surface area contributed by atoms with Gasteiger partial charge >= 0.3 is 0 Å². The van der Waals surface area contributed by atoms with E-state index in [1.54, 1.807) is 24.3 Å². The molecule has 1 rings (SSSR count). The van der Waals surface area contributed by atoms with Crippen molar-refractivity contribution in [2.75, 3.05) is 6.54 Å². The molecule has 4 nitrogen and oxygen atoms in total. The second kappa shape index (κ2) is 5.43. The summed E-state index contributed by atoms with van der Waals surface area (Å²) in [6.07, 6.45) is 0.186. The standard InChI is InChI=1S/C11H17NO3S/c1-3-10-4-6-11(7-5-10)16(14,15)12-8-9(2)13/h4-7,9,12-13H,3,8H2,1-2H3/t9-/m0/s1. The third kappa shape index (κ3) is 3.59. The first-order valence-corrected chi connectivity index (χ1v) is 6.70. The quantitative estimate of drug-likeness (QED) is 0.807. The molecule has 0 aliphatic rings. The van der Waals surface area contributed by atoms with Gasteiger partial charge in [0.1, 0.15) is 0 Å². The van der Waals surface area contributed by atoms with Gasteiger partial charge < -0.3 is 5.11 Å². The minimum Gasteiger partial charge on any atom is -0.392 e. The molecule has 0 saturated heterocycles. The van der Waals surface area contributed by atoms with Crippen LogP contribution in [0.15, 0.2) is 29.2 Å². The largest absolute Gasteiger partial charge is 0.392 e. The van der Waals surface area contributed by atoms with Gasteiger partial charge in [-0.25, -0.2) is 13.1 Å². The highest BCUT2D eigenvalue weighted by atomic mass is 32.2. The summed E-state index contributed by atoms with van der Waals surface area (Å²) in [5.74, 6) is 0. The minimum absolute atomic E-state index is 0.0257. The van der Waals surface area contributed by atoms with Crippen LogP contribution < -0.4 is 4.72 Å². The molecule has 1 atom stereocenters. The van der Waals surface area contributed by atoms with Gasteiger partial charge in [0, 0.05) is 6.54 Å². The molecule has 0 amide bonds. The monoisotopic (exact) mass is 243 g/mol. The Labute approximate surface area is 96.4 Å². The Morgan fingerprint density at radius 3 is 2.31 bits per heavy atom. The highest BCUT2D eigenvalue weighted by Gasteiger charge is 2.13. The molecule has 0 fully saturated rings. The average Bonchev–Trinajstić information content (AvgIpc) is 2.27. The number of aliphatic hydroxyl groups excluding tert-OH is 1. The van der Waals surface area contributed by atoms with E-state index in [1.165, 1.54) is 6.92 Å². The van der Waals surface area contributed by atoms with E-state index < -0.39 is 16.1 Å². The normalized spacial score (nSPS) is 13.7. The van der Waals surface area contributed by atoms with Gasteiger partial charge in [0.25, 0.3) is 0 Å². The maximum atomic E-state index is 11.7. The van der Waals surface area contributed by atoms with Crippen molar-refractivity contribution in [3.8, 4) is 0 Å². The van der Waals surface area contributed by atoms with E-state index in [9.17, 15) is 8.42 Å². The van der Waals surface area contributed by atoms with Crippen LogP contribution in [0, 0.1) is 0 Å². The Bertz CT molecular complexity index is 423.